The van der Waals surface area contributed by atoms with Gasteiger partial charge in [-0.15, -0.1) is 0 Å². The first-order chi connectivity index (χ1) is 9.65. The van der Waals surface area contributed by atoms with E-state index in [0.29, 0.717) is 16.4 Å². The number of benzene rings is 2. The zero-order valence-electron chi connectivity index (χ0n) is 10.8. The zero-order valence-corrected chi connectivity index (χ0v) is 11.5. The summed E-state index contributed by atoms with van der Waals surface area (Å²) >= 11 is 6.03. The van der Waals surface area contributed by atoms with Gasteiger partial charge < -0.3 is 5.32 Å². The molecule has 0 radical (unpaired) electrons. The van der Waals surface area contributed by atoms with Gasteiger partial charge in [-0.1, -0.05) is 29.8 Å². The van der Waals surface area contributed by atoms with E-state index in [1.165, 1.54) is 0 Å². The molecule has 1 heterocycles. The molecule has 0 bridgehead atoms. The number of rotatable bonds is 2. The average molecular weight is 286 g/mol. The van der Waals surface area contributed by atoms with Gasteiger partial charge in [0.1, 0.15) is 0 Å². The van der Waals surface area contributed by atoms with Crippen LogP contribution in [-0.4, -0.2) is 16.1 Å². The number of fused-ring (bicyclic) bond motifs is 1. The van der Waals surface area contributed by atoms with Crippen LogP contribution in [-0.2, 0) is 0 Å². The van der Waals surface area contributed by atoms with E-state index >= 15 is 0 Å². The van der Waals surface area contributed by atoms with Crippen molar-refractivity contribution in [1.82, 2.24) is 10.2 Å². The largest absolute Gasteiger partial charge is 0.305 e. The lowest BCUT2D eigenvalue weighted by Gasteiger charge is -2.04. The molecule has 0 aliphatic heterocycles. The molecule has 0 atom stereocenters. The topological polar surface area (TPSA) is 57.8 Å². The second-order valence-corrected chi connectivity index (χ2v) is 4.94. The van der Waals surface area contributed by atoms with E-state index in [0.717, 1.165) is 16.5 Å². The van der Waals surface area contributed by atoms with Gasteiger partial charge in [0, 0.05) is 16.0 Å². The highest BCUT2D eigenvalue weighted by molar-refractivity contribution is 6.31. The van der Waals surface area contributed by atoms with Crippen LogP contribution >= 0.6 is 11.6 Å². The number of hydrogen-bond donors (Lipinski definition) is 2. The molecule has 3 aromatic rings. The maximum atomic E-state index is 12.2. The Bertz CT molecular complexity index is 795. The molecule has 4 nitrogen and oxygen atoms in total. The summed E-state index contributed by atoms with van der Waals surface area (Å²) in [4.78, 5) is 12.2. The summed E-state index contributed by atoms with van der Waals surface area (Å²) in [5.74, 6) is 0.284. The maximum absolute atomic E-state index is 12.2. The van der Waals surface area contributed by atoms with E-state index in [9.17, 15) is 4.79 Å². The van der Waals surface area contributed by atoms with Crippen molar-refractivity contribution in [3.8, 4) is 0 Å². The van der Waals surface area contributed by atoms with Crippen LogP contribution in [0.1, 0.15) is 15.9 Å². The number of aromatic amines is 1. The second kappa shape index (κ2) is 4.98. The minimum absolute atomic E-state index is 0.232. The molecule has 0 aliphatic rings. The number of amides is 1. The smallest absolute Gasteiger partial charge is 0.256 e. The fourth-order valence-electron chi connectivity index (χ4n) is 1.97. The molecule has 0 fully saturated rings. The Kier molecular flexibility index (Phi) is 3.16. The van der Waals surface area contributed by atoms with Crippen LogP contribution in [0.15, 0.2) is 42.5 Å². The van der Waals surface area contributed by atoms with E-state index < -0.39 is 0 Å². The third-order valence-corrected chi connectivity index (χ3v) is 3.54. The minimum Gasteiger partial charge on any atom is -0.305 e. The number of aromatic nitrogens is 2. The molecule has 100 valence electrons. The van der Waals surface area contributed by atoms with E-state index in [2.05, 4.69) is 15.5 Å². The highest BCUT2D eigenvalue weighted by Crippen LogP contribution is 2.21. The average Bonchev–Trinajstić information content (AvgIpc) is 2.85. The summed E-state index contributed by atoms with van der Waals surface area (Å²) in [6, 6.07) is 12.8. The number of nitrogens with zero attached hydrogens (tertiary/aromatic N) is 1. The van der Waals surface area contributed by atoms with Crippen molar-refractivity contribution >= 4 is 34.2 Å². The van der Waals surface area contributed by atoms with Crippen LogP contribution in [0, 0.1) is 6.92 Å². The lowest BCUT2D eigenvalue weighted by molar-refractivity contribution is 0.102. The SMILES string of the molecule is Cc1ccc(C(=O)Nc2n[nH]c3ccccc23)cc1Cl. The summed E-state index contributed by atoms with van der Waals surface area (Å²) < 4.78 is 0. The van der Waals surface area contributed by atoms with Crippen LogP contribution in [0.3, 0.4) is 0 Å². The summed E-state index contributed by atoms with van der Waals surface area (Å²) in [6.07, 6.45) is 0. The number of carbonyl (C=O) groups is 1. The first kappa shape index (κ1) is 12.7. The van der Waals surface area contributed by atoms with Crippen molar-refractivity contribution in [2.75, 3.05) is 5.32 Å². The minimum atomic E-state index is -0.232. The van der Waals surface area contributed by atoms with Crippen LogP contribution < -0.4 is 5.32 Å². The second-order valence-electron chi connectivity index (χ2n) is 4.54. The Labute approximate surface area is 120 Å². The lowest BCUT2D eigenvalue weighted by atomic mass is 10.1. The quantitative estimate of drug-likeness (QED) is 0.753. The van der Waals surface area contributed by atoms with Crippen molar-refractivity contribution < 1.29 is 4.79 Å². The van der Waals surface area contributed by atoms with Crippen molar-refractivity contribution in [1.29, 1.82) is 0 Å². The molecule has 3 rings (SSSR count). The predicted molar refractivity (Wildman–Crippen MR) is 80.2 cm³/mol. The number of hydrogen-bond acceptors (Lipinski definition) is 2. The van der Waals surface area contributed by atoms with Crippen LogP contribution in [0.5, 0.6) is 0 Å². The van der Waals surface area contributed by atoms with Gasteiger partial charge in [0.05, 0.1) is 5.52 Å². The zero-order chi connectivity index (χ0) is 14.1. The third kappa shape index (κ3) is 2.26. The molecule has 0 saturated carbocycles. The number of aryl methyl sites for hydroxylation is 1. The van der Waals surface area contributed by atoms with E-state index in [1.54, 1.807) is 12.1 Å². The van der Waals surface area contributed by atoms with Gasteiger partial charge in [-0.05, 0) is 36.8 Å². The molecule has 2 aromatic carbocycles. The van der Waals surface area contributed by atoms with E-state index in [4.69, 9.17) is 11.6 Å². The molecular weight excluding hydrogens is 274 g/mol. The lowest BCUT2D eigenvalue weighted by Crippen LogP contribution is -2.12. The monoisotopic (exact) mass is 285 g/mol. The van der Waals surface area contributed by atoms with Gasteiger partial charge >= 0.3 is 0 Å². The van der Waals surface area contributed by atoms with Crippen LogP contribution in [0.2, 0.25) is 5.02 Å². The van der Waals surface area contributed by atoms with Gasteiger partial charge in [-0.3, -0.25) is 9.89 Å². The number of halogens is 1. The van der Waals surface area contributed by atoms with Gasteiger partial charge in [0.2, 0.25) is 0 Å². The molecule has 0 aliphatic carbocycles. The Morgan fingerprint density at radius 3 is 2.85 bits per heavy atom. The Morgan fingerprint density at radius 2 is 2.05 bits per heavy atom. The highest BCUT2D eigenvalue weighted by Gasteiger charge is 2.11. The summed E-state index contributed by atoms with van der Waals surface area (Å²) in [7, 11) is 0. The molecule has 5 heteroatoms. The summed E-state index contributed by atoms with van der Waals surface area (Å²) in [5, 5.41) is 11.2. The molecule has 1 amide bonds. The molecule has 0 saturated heterocycles. The fourth-order valence-corrected chi connectivity index (χ4v) is 2.15. The highest BCUT2D eigenvalue weighted by atomic mass is 35.5. The third-order valence-electron chi connectivity index (χ3n) is 3.14. The Morgan fingerprint density at radius 1 is 1.25 bits per heavy atom. The van der Waals surface area contributed by atoms with E-state index in [1.807, 2.05) is 37.3 Å². The normalized spacial score (nSPS) is 10.7. The van der Waals surface area contributed by atoms with Crippen LogP contribution in [0.4, 0.5) is 5.82 Å². The van der Waals surface area contributed by atoms with Gasteiger partial charge in [0.25, 0.3) is 5.91 Å². The van der Waals surface area contributed by atoms with Crippen molar-refractivity contribution in [3.05, 3.63) is 58.6 Å². The summed E-state index contributed by atoms with van der Waals surface area (Å²) in [6.45, 7) is 1.89. The van der Waals surface area contributed by atoms with Crippen molar-refractivity contribution in [2.45, 2.75) is 6.92 Å². The molecule has 0 unspecified atom stereocenters. The fraction of sp³-hybridized carbons (Fsp3) is 0.0667. The van der Waals surface area contributed by atoms with Gasteiger partial charge in [-0.25, -0.2) is 0 Å². The number of anilines is 1. The number of H-pyrrole nitrogens is 1. The number of para-hydroxylation sites is 1. The van der Waals surface area contributed by atoms with Crippen molar-refractivity contribution in [3.63, 3.8) is 0 Å². The molecule has 2 N–H and O–H groups in total. The van der Waals surface area contributed by atoms with Gasteiger partial charge in [-0.2, -0.15) is 5.10 Å². The molecule has 1 aromatic heterocycles. The molecule has 0 spiro atoms. The number of carbonyl (C=O) groups excluding carboxylic acids is 1. The molecular formula is C15H12ClN3O. The standard InChI is InChI=1S/C15H12ClN3O/c1-9-6-7-10(8-12(9)16)15(20)17-14-11-4-2-3-5-13(11)18-19-14/h2-8H,1H3,(H2,17,18,19,20). The first-order valence-electron chi connectivity index (χ1n) is 6.16. The summed E-state index contributed by atoms with van der Waals surface area (Å²) in [5.41, 5.74) is 2.32. The van der Waals surface area contributed by atoms with Gasteiger partial charge in [0.15, 0.2) is 5.82 Å². The Balaban J connectivity index is 1.90. The van der Waals surface area contributed by atoms with Crippen LogP contribution in [0.25, 0.3) is 10.9 Å². The first-order valence-corrected chi connectivity index (χ1v) is 6.53. The predicted octanol–water partition coefficient (Wildman–Crippen LogP) is 3.78. The maximum Gasteiger partial charge on any atom is 0.256 e. The van der Waals surface area contributed by atoms with Crippen molar-refractivity contribution in [2.24, 2.45) is 0 Å². The van der Waals surface area contributed by atoms with E-state index in [-0.39, 0.29) is 5.91 Å². The number of nitrogens with one attached hydrogen (secondary N) is 2. The Hall–Kier alpha value is -2.33. The molecule has 20 heavy (non-hydrogen) atoms.